The van der Waals surface area contributed by atoms with Crippen LogP contribution in [0.2, 0.25) is 0 Å². The van der Waals surface area contributed by atoms with Gasteiger partial charge in [-0.05, 0) is 35.4 Å². The van der Waals surface area contributed by atoms with Crippen LogP contribution in [0.1, 0.15) is 11.1 Å². The average molecular weight is 465 g/mol. The summed E-state index contributed by atoms with van der Waals surface area (Å²) in [5.41, 5.74) is 8.23. The fourth-order valence-electron chi connectivity index (χ4n) is 3.62. The lowest BCUT2D eigenvalue weighted by Crippen LogP contribution is -2.36. The summed E-state index contributed by atoms with van der Waals surface area (Å²) < 4.78 is 10.7. The van der Waals surface area contributed by atoms with Crippen LogP contribution in [0.5, 0.6) is 0 Å². The number of benzene rings is 2. The monoisotopic (exact) mass is 464 g/mol. The fourth-order valence-corrected chi connectivity index (χ4v) is 3.62. The summed E-state index contributed by atoms with van der Waals surface area (Å²) in [7, 11) is 0. The van der Waals surface area contributed by atoms with E-state index in [1.165, 1.54) is 12.4 Å². The molecular formula is C24H28N6O4. The third-order valence-corrected chi connectivity index (χ3v) is 5.50. The number of carbonyl (C=O) groups is 2. The summed E-state index contributed by atoms with van der Waals surface area (Å²) in [6, 6.07) is 15.5. The first-order chi connectivity index (χ1) is 16.7. The number of amides is 2. The highest BCUT2D eigenvalue weighted by Crippen LogP contribution is 2.17. The first-order valence-electron chi connectivity index (χ1n) is 11.2. The first kappa shape index (κ1) is 23.4. The summed E-state index contributed by atoms with van der Waals surface area (Å²) in [4.78, 5) is 28.3. The van der Waals surface area contributed by atoms with Gasteiger partial charge in [0.2, 0.25) is 0 Å². The molecule has 2 N–H and O–H groups in total. The Kier molecular flexibility index (Phi) is 8.20. The first-order valence-corrected chi connectivity index (χ1v) is 11.2. The number of hydrogen-bond acceptors (Lipinski definition) is 8. The Hall–Kier alpha value is -3.76. The maximum absolute atomic E-state index is 11.9. The van der Waals surface area contributed by atoms with Crippen molar-refractivity contribution in [3.05, 3.63) is 59.7 Å². The standard InChI is InChI=1S/C24H28N6O4/c31-23(27-25-17-19-1-5-21(6-2-19)29-9-13-33-14-10-29)24(32)28-26-18-20-3-7-22(8-4-20)30-11-15-34-16-12-30/h1-8,17-18H,9-16H2,(H,27,31)(H,28,32)/b25-17-,26-18-. The molecule has 2 aromatic rings. The summed E-state index contributed by atoms with van der Waals surface area (Å²) in [6.45, 7) is 6.35. The topological polar surface area (TPSA) is 108 Å². The van der Waals surface area contributed by atoms with Crippen molar-refractivity contribution in [3.63, 3.8) is 0 Å². The molecule has 0 unspecified atom stereocenters. The molecule has 2 aliphatic rings. The molecular weight excluding hydrogens is 436 g/mol. The van der Waals surface area contributed by atoms with E-state index < -0.39 is 11.8 Å². The molecule has 0 spiro atoms. The zero-order valence-electron chi connectivity index (χ0n) is 18.9. The zero-order valence-corrected chi connectivity index (χ0v) is 18.9. The second-order valence-corrected chi connectivity index (χ2v) is 7.78. The second-order valence-electron chi connectivity index (χ2n) is 7.78. The molecule has 2 amide bonds. The van der Waals surface area contributed by atoms with Gasteiger partial charge in [0, 0.05) is 37.6 Å². The van der Waals surface area contributed by atoms with Gasteiger partial charge >= 0.3 is 11.8 Å². The minimum absolute atomic E-state index is 0.725. The number of carbonyl (C=O) groups excluding carboxylic acids is 2. The van der Waals surface area contributed by atoms with Gasteiger partial charge in [-0.15, -0.1) is 0 Å². The predicted molar refractivity (Wildman–Crippen MR) is 130 cm³/mol. The predicted octanol–water partition coefficient (Wildman–Crippen LogP) is 0.960. The van der Waals surface area contributed by atoms with Crippen molar-refractivity contribution >= 4 is 35.6 Å². The van der Waals surface area contributed by atoms with Crippen LogP contribution < -0.4 is 20.7 Å². The lowest BCUT2D eigenvalue weighted by atomic mass is 10.2. The largest absolute Gasteiger partial charge is 0.378 e. The molecule has 34 heavy (non-hydrogen) atoms. The number of ether oxygens (including phenoxy) is 2. The second kappa shape index (κ2) is 11.9. The molecule has 0 saturated carbocycles. The number of anilines is 2. The lowest BCUT2D eigenvalue weighted by Gasteiger charge is -2.28. The van der Waals surface area contributed by atoms with Gasteiger partial charge in [-0.25, -0.2) is 10.9 Å². The van der Waals surface area contributed by atoms with Crippen LogP contribution in [0, 0.1) is 0 Å². The summed E-state index contributed by atoms with van der Waals surface area (Å²) in [5.74, 6) is -1.80. The van der Waals surface area contributed by atoms with Gasteiger partial charge in [0.25, 0.3) is 0 Å². The van der Waals surface area contributed by atoms with Crippen molar-refractivity contribution in [1.82, 2.24) is 10.9 Å². The molecule has 178 valence electrons. The van der Waals surface area contributed by atoms with Crippen LogP contribution in [-0.2, 0) is 19.1 Å². The van der Waals surface area contributed by atoms with E-state index in [-0.39, 0.29) is 0 Å². The molecule has 0 aliphatic carbocycles. The minimum atomic E-state index is -0.902. The van der Waals surface area contributed by atoms with Crippen LogP contribution in [0.4, 0.5) is 11.4 Å². The van der Waals surface area contributed by atoms with Crippen molar-refractivity contribution < 1.29 is 19.1 Å². The van der Waals surface area contributed by atoms with Gasteiger partial charge in [0.1, 0.15) is 0 Å². The molecule has 0 atom stereocenters. The van der Waals surface area contributed by atoms with E-state index in [9.17, 15) is 9.59 Å². The minimum Gasteiger partial charge on any atom is -0.378 e. The zero-order chi connectivity index (χ0) is 23.6. The Labute approximate surface area is 198 Å². The van der Waals surface area contributed by atoms with Crippen molar-refractivity contribution in [2.24, 2.45) is 10.2 Å². The smallest absolute Gasteiger partial charge is 0.331 e. The van der Waals surface area contributed by atoms with Crippen LogP contribution in [-0.4, -0.2) is 76.9 Å². The van der Waals surface area contributed by atoms with Crippen LogP contribution in [0.25, 0.3) is 0 Å². The van der Waals surface area contributed by atoms with Crippen molar-refractivity contribution in [2.45, 2.75) is 0 Å². The lowest BCUT2D eigenvalue weighted by molar-refractivity contribution is -0.139. The highest BCUT2D eigenvalue weighted by atomic mass is 16.5. The van der Waals surface area contributed by atoms with Gasteiger partial charge in [0.05, 0.1) is 38.9 Å². The van der Waals surface area contributed by atoms with Crippen molar-refractivity contribution in [2.75, 3.05) is 62.4 Å². The summed E-state index contributed by atoms with van der Waals surface area (Å²) >= 11 is 0. The molecule has 2 saturated heterocycles. The van der Waals surface area contributed by atoms with Crippen LogP contribution in [0.3, 0.4) is 0 Å². The highest BCUT2D eigenvalue weighted by molar-refractivity contribution is 6.35. The normalized spacial score (nSPS) is 16.7. The number of hydrogen-bond donors (Lipinski definition) is 2. The molecule has 2 heterocycles. The quantitative estimate of drug-likeness (QED) is 0.375. The SMILES string of the molecule is O=C(N/N=C\c1ccc(N2CCOCC2)cc1)C(=O)N/N=C\c1ccc(N2CCOCC2)cc1. The molecule has 0 bridgehead atoms. The Morgan fingerprint density at radius 2 is 1.00 bits per heavy atom. The third-order valence-electron chi connectivity index (χ3n) is 5.50. The molecule has 2 aromatic carbocycles. The van der Waals surface area contributed by atoms with E-state index in [1.54, 1.807) is 0 Å². The Balaban J connectivity index is 1.20. The molecule has 0 aromatic heterocycles. The number of nitrogens with zero attached hydrogens (tertiary/aromatic N) is 4. The van der Waals surface area contributed by atoms with Gasteiger partial charge in [0.15, 0.2) is 0 Å². The summed E-state index contributed by atoms with van der Waals surface area (Å²) in [5, 5.41) is 7.68. The Bertz CT molecular complexity index is 927. The summed E-state index contributed by atoms with van der Waals surface area (Å²) in [6.07, 6.45) is 2.96. The molecule has 10 nitrogen and oxygen atoms in total. The van der Waals surface area contributed by atoms with E-state index in [1.807, 2.05) is 48.5 Å². The Morgan fingerprint density at radius 3 is 1.35 bits per heavy atom. The van der Waals surface area contributed by atoms with Crippen molar-refractivity contribution in [1.29, 1.82) is 0 Å². The third kappa shape index (κ3) is 6.63. The molecule has 0 radical (unpaired) electrons. The number of hydrazone groups is 2. The highest BCUT2D eigenvalue weighted by Gasteiger charge is 2.13. The maximum Gasteiger partial charge on any atom is 0.331 e. The Morgan fingerprint density at radius 1 is 0.647 bits per heavy atom. The van der Waals surface area contributed by atoms with Crippen molar-refractivity contribution in [3.8, 4) is 0 Å². The number of rotatable bonds is 6. The van der Waals surface area contributed by atoms with E-state index >= 15 is 0 Å². The number of nitrogens with one attached hydrogen (secondary N) is 2. The molecule has 4 rings (SSSR count). The molecule has 2 fully saturated rings. The molecule has 2 aliphatic heterocycles. The van der Waals surface area contributed by atoms with Gasteiger partial charge in [-0.1, -0.05) is 24.3 Å². The fraction of sp³-hybridized carbons (Fsp3) is 0.333. The van der Waals surface area contributed by atoms with E-state index in [2.05, 4.69) is 30.9 Å². The van der Waals surface area contributed by atoms with E-state index in [0.29, 0.717) is 0 Å². The van der Waals surface area contributed by atoms with Crippen LogP contribution >= 0.6 is 0 Å². The van der Waals surface area contributed by atoms with Gasteiger partial charge < -0.3 is 19.3 Å². The molecule has 10 heteroatoms. The van der Waals surface area contributed by atoms with Crippen LogP contribution in [0.15, 0.2) is 58.7 Å². The van der Waals surface area contributed by atoms with E-state index in [4.69, 9.17) is 9.47 Å². The van der Waals surface area contributed by atoms with E-state index in [0.717, 1.165) is 75.1 Å². The number of morpholine rings is 2. The van der Waals surface area contributed by atoms with Gasteiger partial charge in [-0.2, -0.15) is 10.2 Å². The maximum atomic E-state index is 11.9. The average Bonchev–Trinajstić information content (AvgIpc) is 2.90. The van der Waals surface area contributed by atoms with Gasteiger partial charge in [-0.3, -0.25) is 9.59 Å².